The average Bonchev–Trinajstić information content (AvgIpc) is 2.44. The predicted molar refractivity (Wildman–Crippen MR) is 90.3 cm³/mol. The molecule has 0 atom stereocenters. The van der Waals surface area contributed by atoms with Crippen LogP contribution in [0.15, 0.2) is 29.3 Å². The van der Waals surface area contributed by atoms with Gasteiger partial charge in [-0.2, -0.15) is 0 Å². The van der Waals surface area contributed by atoms with Crippen molar-refractivity contribution >= 4 is 5.96 Å². The van der Waals surface area contributed by atoms with E-state index in [9.17, 15) is 0 Å². The summed E-state index contributed by atoms with van der Waals surface area (Å²) in [5, 5.41) is 6.62. The van der Waals surface area contributed by atoms with Gasteiger partial charge in [0.1, 0.15) is 5.75 Å². The fourth-order valence-corrected chi connectivity index (χ4v) is 2.01. The molecule has 1 aromatic carbocycles. The molecule has 0 radical (unpaired) electrons. The lowest BCUT2D eigenvalue weighted by molar-refractivity contribution is 0.412. The lowest BCUT2D eigenvalue weighted by atomic mass is 9.85. The molecule has 0 heterocycles. The largest absolute Gasteiger partial charge is 0.497 e. The molecule has 0 aliphatic rings. The monoisotopic (exact) mass is 291 g/mol. The molecule has 118 valence electrons. The van der Waals surface area contributed by atoms with Gasteiger partial charge in [0.25, 0.3) is 0 Å². The fourth-order valence-electron chi connectivity index (χ4n) is 2.01. The number of benzene rings is 1. The van der Waals surface area contributed by atoms with Gasteiger partial charge in [0.15, 0.2) is 5.96 Å². The first kappa shape index (κ1) is 17.3. The second kappa shape index (κ2) is 7.91. The Bertz CT molecular complexity index is 467. The van der Waals surface area contributed by atoms with E-state index in [0.717, 1.165) is 18.3 Å². The Morgan fingerprint density at radius 1 is 1.33 bits per heavy atom. The summed E-state index contributed by atoms with van der Waals surface area (Å²) < 4.78 is 5.31. The number of ether oxygens (including phenoxy) is 1. The summed E-state index contributed by atoms with van der Waals surface area (Å²) >= 11 is 0. The summed E-state index contributed by atoms with van der Waals surface area (Å²) in [6.45, 7) is 12.3. The fraction of sp³-hybridized carbons (Fsp3) is 0.588. The minimum atomic E-state index is -0.0477. The van der Waals surface area contributed by atoms with Gasteiger partial charge >= 0.3 is 0 Å². The lowest BCUT2D eigenvalue weighted by Crippen LogP contribution is -2.41. The second-order valence-corrected chi connectivity index (χ2v) is 6.11. The van der Waals surface area contributed by atoms with Crippen LogP contribution in [0.2, 0.25) is 0 Å². The smallest absolute Gasteiger partial charge is 0.191 e. The lowest BCUT2D eigenvalue weighted by Gasteiger charge is -2.24. The number of methoxy groups -OCH3 is 1. The summed E-state index contributed by atoms with van der Waals surface area (Å²) in [5.41, 5.74) is 1.18. The molecule has 1 rings (SSSR count). The Labute approximate surface area is 129 Å². The third kappa shape index (κ3) is 5.66. The van der Waals surface area contributed by atoms with Gasteiger partial charge in [0, 0.05) is 18.0 Å². The van der Waals surface area contributed by atoms with Crippen molar-refractivity contribution in [3.63, 3.8) is 0 Å². The Kier molecular flexibility index (Phi) is 6.53. The van der Waals surface area contributed by atoms with Gasteiger partial charge in [-0.15, -0.1) is 0 Å². The zero-order chi connectivity index (χ0) is 15.9. The van der Waals surface area contributed by atoms with E-state index in [1.54, 1.807) is 7.11 Å². The van der Waals surface area contributed by atoms with Crippen LogP contribution in [-0.2, 0) is 5.41 Å². The number of nitrogens with zero attached hydrogens (tertiary/aromatic N) is 1. The van der Waals surface area contributed by atoms with E-state index >= 15 is 0 Å². The normalized spacial score (nSPS) is 12.4. The Morgan fingerprint density at radius 3 is 2.62 bits per heavy atom. The molecule has 0 fully saturated rings. The Morgan fingerprint density at radius 2 is 2.05 bits per heavy atom. The van der Waals surface area contributed by atoms with Gasteiger partial charge in [0.2, 0.25) is 0 Å². The summed E-state index contributed by atoms with van der Waals surface area (Å²) in [5.74, 6) is 1.75. The number of aliphatic imine (C=N–C) groups is 1. The highest BCUT2D eigenvalue weighted by Gasteiger charge is 2.21. The van der Waals surface area contributed by atoms with E-state index in [2.05, 4.69) is 57.4 Å². The van der Waals surface area contributed by atoms with Gasteiger partial charge in [-0.1, -0.05) is 26.0 Å². The first-order chi connectivity index (χ1) is 9.89. The van der Waals surface area contributed by atoms with Gasteiger partial charge in [-0.25, -0.2) is 0 Å². The molecule has 2 N–H and O–H groups in total. The Hall–Kier alpha value is -1.71. The minimum Gasteiger partial charge on any atom is -0.497 e. The molecule has 0 saturated carbocycles. The van der Waals surface area contributed by atoms with Crippen molar-refractivity contribution in [2.45, 2.75) is 46.1 Å². The van der Waals surface area contributed by atoms with Crippen molar-refractivity contribution in [1.29, 1.82) is 0 Å². The molecule has 0 spiro atoms. The highest BCUT2D eigenvalue weighted by atomic mass is 16.5. The van der Waals surface area contributed by atoms with Crippen molar-refractivity contribution < 1.29 is 4.74 Å². The average molecular weight is 291 g/mol. The maximum atomic E-state index is 5.31. The molecule has 4 heteroatoms. The van der Waals surface area contributed by atoms with Crippen molar-refractivity contribution in [2.75, 3.05) is 20.2 Å². The summed E-state index contributed by atoms with van der Waals surface area (Å²) in [6.07, 6.45) is 0. The third-order valence-corrected chi connectivity index (χ3v) is 3.25. The van der Waals surface area contributed by atoms with Gasteiger partial charge < -0.3 is 15.4 Å². The van der Waals surface area contributed by atoms with Crippen LogP contribution >= 0.6 is 0 Å². The Balaban J connectivity index is 2.85. The van der Waals surface area contributed by atoms with E-state index in [-0.39, 0.29) is 5.41 Å². The van der Waals surface area contributed by atoms with Crippen LogP contribution < -0.4 is 15.4 Å². The highest BCUT2D eigenvalue weighted by molar-refractivity contribution is 5.80. The molecule has 0 aliphatic carbocycles. The summed E-state index contributed by atoms with van der Waals surface area (Å²) in [6, 6.07) is 8.56. The molecule has 0 amide bonds. The maximum absolute atomic E-state index is 5.31. The van der Waals surface area contributed by atoms with Gasteiger partial charge in [-0.3, -0.25) is 4.99 Å². The molecule has 21 heavy (non-hydrogen) atoms. The van der Waals surface area contributed by atoms with E-state index in [4.69, 9.17) is 9.73 Å². The molecule has 0 bridgehead atoms. The number of rotatable bonds is 6. The second-order valence-electron chi connectivity index (χ2n) is 6.11. The number of guanidine groups is 1. The molecular weight excluding hydrogens is 262 g/mol. The summed E-state index contributed by atoms with van der Waals surface area (Å²) in [7, 11) is 1.69. The number of hydrogen-bond acceptors (Lipinski definition) is 2. The SMILES string of the molecule is CCNC(=NCC(C)(C)c1cccc(OC)c1)NC(C)C. The zero-order valence-corrected chi connectivity index (χ0v) is 14.2. The quantitative estimate of drug-likeness (QED) is 0.626. The van der Waals surface area contributed by atoms with Crippen molar-refractivity contribution in [3.8, 4) is 5.75 Å². The highest BCUT2D eigenvalue weighted by Crippen LogP contribution is 2.26. The maximum Gasteiger partial charge on any atom is 0.191 e. The van der Waals surface area contributed by atoms with Gasteiger partial charge in [0.05, 0.1) is 13.7 Å². The third-order valence-electron chi connectivity index (χ3n) is 3.25. The minimum absolute atomic E-state index is 0.0477. The van der Waals surface area contributed by atoms with E-state index in [1.165, 1.54) is 5.56 Å². The molecule has 0 unspecified atom stereocenters. The standard InChI is InChI=1S/C17H29N3O/c1-7-18-16(20-13(2)3)19-12-17(4,5)14-9-8-10-15(11-14)21-6/h8-11,13H,7,12H2,1-6H3,(H2,18,19,20). The zero-order valence-electron chi connectivity index (χ0n) is 14.2. The molecular formula is C17H29N3O. The van der Waals surface area contributed by atoms with Gasteiger partial charge in [-0.05, 0) is 38.5 Å². The van der Waals surface area contributed by atoms with Crippen LogP contribution in [0.4, 0.5) is 0 Å². The molecule has 1 aromatic rings. The first-order valence-electron chi connectivity index (χ1n) is 7.58. The predicted octanol–water partition coefficient (Wildman–Crippen LogP) is 2.94. The van der Waals surface area contributed by atoms with Crippen molar-refractivity contribution in [1.82, 2.24) is 10.6 Å². The van der Waals surface area contributed by atoms with Crippen LogP contribution in [0.3, 0.4) is 0 Å². The van der Waals surface area contributed by atoms with Crippen molar-refractivity contribution in [2.24, 2.45) is 4.99 Å². The van der Waals surface area contributed by atoms with Crippen LogP contribution in [0.5, 0.6) is 5.75 Å². The van der Waals surface area contributed by atoms with E-state index in [1.807, 2.05) is 12.1 Å². The van der Waals surface area contributed by atoms with Crippen LogP contribution in [0.1, 0.15) is 40.2 Å². The molecule has 4 nitrogen and oxygen atoms in total. The first-order valence-corrected chi connectivity index (χ1v) is 7.58. The summed E-state index contributed by atoms with van der Waals surface area (Å²) in [4.78, 5) is 4.71. The topological polar surface area (TPSA) is 45.7 Å². The van der Waals surface area contributed by atoms with Crippen LogP contribution in [0.25, 0.3) is 0 Å². The van der Waals surface area contributed by atoms with E-state index in [0.29, 0.717) is 12.6 Å². The number of hydrogen-bond donors (Lipinski definition) is 2. The van der Waals surface area contributed by atoms with Crippen LogP contribution in [0, 0.1) is 0 Å². The number of nitrogens with one attached hydrogen (secondary N) is 2. The molecule has 0 aromatic heterocycles. The van der Waals surface area contributed by atoms with E-state index < -0.39 is 0 Å². The van der Waals surface area contributed by atoms with Crippen LogP contribution in [-0.4, -0.2) is 32.2 Å². The van der Waals surface area contributed by atoms with Crippen molar-refractivity contribution in [3.05, 3.63) is 29.8 Å². The molecule has 0 aliphatic heterocycles. The molecule has 0 saturated heterocycles.